The molecule has 3 nitrogen and oxygen atoms in total. The maximum absolute atomic E-state index is 3.76. The highest BCUT2D eigenvalue weighted by molar-refractivity contribution is 9.10. The summed E-state index contributed by atoms with van der Waals surface area (Å²) in [5.41, 5.74) is 0.977. The fourth-order valence-corrected chi connectivity index (χ4v) is 0.848. The smallest absolute Gasteiger partial charge is 0.124 e. The second-order valence-electron chi connectivity index (χ2n) is 1.35. The summed E-state index contributed by atoms with van der Waals surface area (Å²) in [5, 5.41) is 9.42. The number of H-pyrrole nitrogens is 1. The zero-order valence-electron chi connectivity index (χ0n) is 4.40. The quantitative estimate of drug-likeness (QED) is 0.675. The van der Waals surface area contributed by atoms with Crippen LogP contribution in [0.25, 0.3) is 0 Å². The zero-order chi connectivity index (χ0) is 5.98. The Morgan fingerprint density at radius 3 is 2.88 bits per heavy atom. The fraction of sp³-hybridized carbons (Fsp3) is 0.250. The Bertz CT molecular complexity index is 172. The van der Waals surface area contributed by atoms with Gasteiger partial charge in [-0.3, -0.25) is 5.10 Å². The normalized spacial score (nSPS) is 9.25. The van der Waals surface area contributed by atoms with Crippen molar-refractivity contribution < 1.29 is 0 Å². The molecule has 2 N–H and O–H groups in total. The lowest BCUT2D eigenvalue weighted by atomic mass is 10.6. The number of nitrogens with one attached hydrogen (secondary N) is 2. The van der Waals surface area contributed by atoms with E-state index in [0.717, 1.165) is 10.3 Å². The van der Waals surface area contributed by atoms with E-state index in [0.29, 0.717) is 0 Å². The van der Waals surface area contributed by atoms with Crippen molar-refractivity contribution in [3.63, 3.8) is 0 Å². The van der Waals surface area contributed by atoms with Crippen LogP contribution in [0.3, 0.4) is 0 Å². The van der Waals surface area contributed by atoms with E-state index in [4.69, 9.17) is 0 Å². The number of halogens is 1. The van der Waals surface area contributed by atoms with Gasteiger partial charge in [0, 0.05) is 7.05 Å². The average Bonchev–Trinajstić information content (AvgIpc) is 2.14. The average molecular weight is 176 g/mol. The summed E-state index contributed by atoms with van der Waals surface area (Å²) in [4.78, 5) is 0. The lowest BCUT2D eigenvalue weighted by Crippen LogP contribution is -1.84. The fourth-order valence-electron chi connectivity index (χ4n) is 0.445. The summed E-state index contributed by atoms with van der Waals surface area (Å²) < 4.78 is 0.889. The first-order valence-electron chi connectivity index (χ1n) is 2.21. The van der Waals surface area contributed by atoms with Gasteiger partial charge in [-0.1, -0.05) is 0 Å². The third-order valence-electron chi connectivity index (χ3n) is 0.862. The Hall–Kier alpha value is -0.510. The van der Waals surface area contributed by atoms with E-state index >= 15 is 0 Å². The van der Waals surface area contributed by atoms with Crippen molar-refractivity contribution >= 4 is 21.6 Å². The lowest BCUT2D eigenvalue weighted by molar-refractivity contribution is 1.07. The van der Waals surface area contributed by atoms with Crippen molar-refractivity contribution in [1.82, 2.24) is 10.2 Å². The monoisotopic (exact) mass is 175 g/mol. The summed E-state index contributed by atoms with van der Waals surface area (Å²) >= 11 is 3.25. The maximum Gasteiger partial charge on any atom is 0.124 e. The van der Waals surface area contributed by atoms with Gasteiger partial charge >= 0.3 is 0 Å². The van der Waals surface area contributed by atoms with E-state index in [1.54, 1.807) is 6.20 Å². The first kappa shape index (κ1) is 5.62. The summed E-state index contributed by atoms with van der Waals surface area (Å²) in [6.07, 6.45) is 1.71. The van der Waals surface area contributed by atoms with E-state index in [-0.39, 0.29) is 0 Å². The molecule has 0 atom stereocenters. The first-order chi connectivity index (χ1) is 3.84. The molecule has 0 unspecified atom stereocenters. The summed E-state index contributed by atoms with van der Waals surface area (Å²) in [7, 11) is 1.84. The minimum absolute atomic E-state index is 0.889. The van der Waals surface area contributed by atoms with Gasteiger partial charge in [-0.05, 0) is 15.9 Å². The van der Waals surface area contributed by atoms with Crippen LogP contribution >= 0.6 is 15.9 Å². The summed E-state index contributed by atoms with van der Waals surface area (Å²) in [6, 6.07) is 0. The SMILES string of the molecule is CNc1cn[nH]c1Br. The molecule has 44 valence electrons. The van der Waals surface area contributed by atoms with Gasteiger partial charge in [0.2, 0.25) is 0 Å². The van der Waals surface area contributed by atoms with E-state index in [2.05, 4.69) is 31.4 Å². The first-order valence-corrected chi connectivity index (χ1v) is 3.00. The predicted molar refractivity (Wildman–Crippen MR) is 35.8 cm³/mol. The van der Waals surface area contributed by atoms with Gasteiger partial charge in [0.25, 0.3) is 0 Å². The maximum atomic E-state index is 3.76. The summed E-state index contributed by atoms with van der Waals surface area (Å²) in [6.45, 7) is 0. The van der Waals surface area contributed by atoms with Crippen LogP contribution in [-0.2, 0) is 0 Å². The highest BCUT2D eigenvalue weighted by Crippen LogP contribution is 2.15. The third kappa shape index (κ3) is 0.838. The van der Waals surface area contributed by atoms with Crippen LogP contribution in [0.1, 0.15) is 0 Å². The van der Waals surface area contributed by atoms with E-state index in [1.807, 2.05) is 7.05 Å². The standard InChI is InChI=1S/C4H6BrN3/c1-6-3-2-7-8-4(3)5/h2,6H,1H3,(H,7,8). The largest absolute Gasteiger partial charge is 0.385 e. The molecule has 1 aromatic rings. The number of aromatic amines is 1. The highest BCUT2D eigenvalue weighted by Gasteiger charge is 1.94. The van der Waals surface area contributed by atoms with Gasteiger partial charge in [0.15, 0.2) is 0 Å². The van der Waals surface area contributed by atoms with Crippen molar-refractivity contribution in [2.75, 3.05) is 12.4 Å². The Balaban J connectivity index is 2.92. The van der Waals surface area contributed by atoms with E-state index in [9.17, 15) is 0 Å². The molecule has 1 rings (SSSR count). The topological polar surface area (TPSA) is 40.7 Å². The van der Waals surface area contributed by atoms with Crippen molar-refractivity contribution in [3.8, 4) is 0 Å². The number of aromatic nitrogens is 2. The number of anilines is 1. The van der Waals surface area contributed by atoms with Gasteiger partial charge in [-0.15, -0.1) is 0 Å². The predicted octanol–water partition coefficient (Wildman–Crippen LogP) is 1.21. The van der Waals surface area contributed by atoms with Crippen molar-refractivity contribution in [2.45, 2.75) is 0 Å². The van der Waals surface area contributed by atoms with Crippen LogP contribution in [0.15, 0.2) is 10.8 Å². The van der Waals surface area contributed by atoms with Crippen LogP contribution in [0, 0.1) is 0 Å². The molecule has 0 aliphatic heterocycles. The molecule has 1 heterocycles. The molecule has 4 heteroatoms. The molecule has 0 fully saturated rings. The molecular weight excluding hydrogens is 170 g/mol. The minimum Gasteiger partial charge on any atom is -0.385 e. The number of nitrogens with zero attached hydrogens (tertiary/aromatic N) is 1. The Morgan fingerprint density at radius 1 is 1.88 bits per heavy atom. The van der Waals surface area contributed by atoms with Crippen LogP contribution < -0.4 is 5.32 Å². The number of hydrogen-bond donors (Lipinski definition) is 2. The van der Waals surface area contributed by atoms with Crippen LogP contribution in [-0.4, -0.2) is 17.2 Å². The van der Waals surface area contributed by atoms with Gasteiger partial charge in [0.1, 0.15) is 4.60 Å². The summed E-state index contributed by atoms with van der Waals surface area (Å²) in [5.74, 6) is 0. The molecule has 8 heavy (non-hydrogen) atoms. The molecule has 0 amide bonds. The van der Waals surface area contributed by atoms with Gasteiger partial charge in [-0.25, -0.2) is 0 Å². The Kier molecular flexibility index (Phi) is 1.53. The molecule has 0 aromatic carbocycles. The van der Waals surface area contributed by atoms with Gasteiger partial charge in [-0.2, -0.15) is 5.10 Å². The Labute approximate surface area is 55.6 Å². The van der Waals surface area contributed by atoms with Crippen LogP contribution in [0.4, 0.5) is 5.69 Å². The van der Waals surface area contributed by atoms with E-state index in [1.165, 1.54) is 0 Å². The highest BCUT2D eigenvalue weighted by atomic mass is 79.9. The molecule has 0 radical (unpaired) electrons. The third-order valence-corrected chi connectivity index (χ3v) is 1.47. The second-order valence-corrected chi connectivity index (χ2v) is 2.14. The van der Waals surface area contributed by atoms with Crippen molar-refractivity contribution in [3.05, 3.63) is 10.8 Å². The minimum atomic E-state index is 0.889. The molecule has 0 saturated carbocycles. The molecule has 1 aromatic heterocycles. The molecule has 0 aliphatic rings. The number of hydrogen-bond acceptors (Lipinski definition) is 2. The van der Waals surface area contributed by atoms with Crippen molar-refractivity contribution in [2.24, 2.45) is 0 Å². The van der Waals surface area contributed by atoms with Crippen molar-refractivity contribution in [1.29, 1.82) is 0 Å². The van der Waals surface area contributed by atoms with E-state index < -0.39 is 0 Å². The number of rotatable bonds is 1. The van der Waals surface area contributed by atoms with Gasteiger partial charge < -0.3 is 5.32 Å². The zero-order valence-corrected chi connectivity index (χ0v) is 5.99. The molecule has 0 bridgehead atoms. The molecule has 0 aliphatic carbocycles. The molecule has 0 spiro atoms. The molecule has 0 saturated heterocycles. The lowest BCUT2D eigenvalue weighted by Gasteiger charge is -1.89. The van der Waals surface area contributed by atoms with Crippen LogP contribution in [0.2, 0.25) is 0 Å². The molecular formula is C4H6BrN3. The van der Waals surface area contributed by atoms with Gasteiger partial charge in [0.05, 0.1) is 11.9 Å². The van der Waals surface area contributed by atoms with Crippen LogP contribution in [0.5, 0.6) is 0 Å². The Morgan fingerprint density at radius 2 is 2.62 bits per heavy atom. The second kappa shape index (κ2) is 2.17.